The molecule has 18 heavy (non-hydrogen) atoms. The van der Waals surface area contributed by atoms with Crippen LogP contribution in [0, 0.1) is 25.2 Å². The van der Waals surface area contributed by atoms with Crippen molar-refractivity contribution in [3.05, 3.63) is 16.0 Å². The molecule has 0 aromatic carbocycles. The maximum Gasteiger partial charge on any atom is 0.235 e. The van der Waals surface area contributed by atoms with Crippen molar-refractivity contribution < 1.29 is 4.79 Å². The van der Waals surface area contributed by atoms with Crippen LogP contribution in [0.2, 0.25) is 0 Å². The number of hydrogen-bond acceptors (Lipinski definition) is 6. The molecule has 0 spiro atoms. The predicted octanol–water partition coefficient (Wildman–Crippen LogP) is 1.10. The zero-order chi connectivity index (χ0) is 13.7. The molecule has 0 aliphatic carbocycles. The van der Waals surface area contributed by atoms with Gasteiger partial charge >= 0.3 is 0 Å². The number of nitrogens with one attached hydrogen (secondary N) is 1. The third-order valence-electron chi connectivity index (χ3n) is 2.23. The second-order valence-corrected chi connectivity index (χ2v) is 5.62. The van der Waals surface area contributed by atoms with Crippen molar-refractivity contribution in [1.82, 2.24) is 0 Å². The first-order valence-corrected chi connectivity index (χ1v) is 6.75. The van der Waals surface area contributed by atoms with Gasteiger partial charge in [-0.15, -0.1) is 11.3 Å². The molecule has 1 heterocycles. The van der Waals surface area contributed by atoms with E-state index in [2.05, 4.69) is 16.5 Å². The molecule has 0 unspecified atom stereocenters. The van der Waals surface area contributed by atoms with Gasteiger partial charge < -0.3 is 16.9 Å². The first-order chi connectivity index (χ1) is 8.49. The summed E-state index contributed by atoms with van der Waals surface area (Å²) in [6.45, 7) is 3.76. The highest BCUT2D eigenvalue weighted by molar-refractivity contribution is 8.14. The largest absolute Gasteiger partial charge is 0.377 e. The van der Waals surface area contributed by atoms with Crippen molar-refractivity contribution in [2.75, 3.05) is 11.1 Å². The number of hydrazone groups is 1. The van der Waals surface area contributed by atoms with E-state index in [0.29, 0.717) is 10.6 Å². The van der Waals surface area contributed by atoms with Gasteiger partial charge in [-0.1, -0.05) is 11.8 Å². The van der Waals surface area contributed by atoms with Gasteiger partial charge in [0.15, 0.2) is 5.17 Å². The Bertz CT molecular complexity index is 529. The smallest absolute Gasteiger partial charge is 0.235 e. The van der Waals surface area contributed by atoms with Crippen molar-refractivity contribution >= 4 is 39.2 Å². The van der Waals surface area contributed by atoms with E-state index in [9.17, 15) is 4.79 Å². The van der Waals surface area contributed by atoms with E-state index >= 15 is 0 Å². The van der Waals surface area contributed by atoms with E-state index in [-0.39, 0.29) is 16.8 Å². The summed E-state index contributed by atoms with van der Waals surface area (Å²) < 4.78 is 0. The van der Waals surface area contributed by atoms with Crippen molar-refractivity contribution in [1.29, 1.82) is 5.26 Å². The lowest BCUT2D eigenvalue weighted by Gasteiger charge is -2.02. The molecule has 0 bridgehead atoms. The van der Waals surface area contributed by atoms with E-state index in [1.54, 1.807) is 0 Å². The van der Waals surface area contributed by atoms with Crippen LogP contribution >= 0.6 is 23.1 Å². The molecule has 5 N–H and O–H groups in total. The molecule has 0 saturated heterocycles. The van der Waals surface area contributed by atoms with E-state index in [0.717, 1.165) is 22.2 Å². The Hall–Kier alpha value is -1.72. The zero-order valence-electron chi connectivity index (χ0n) is 9.98. The van der Waals surface area contributed by atoms with Gasteiger partial charge in [0.2, 0.25) is 5.91 Å². The number of aryl methyl sites for hydroxylation is 1. The van der Waals surface area contributed by atoms with E-state index in [1.807, 2.05) is 13.8 Å². The predicted molar refractivity (Wildman–Crippen MR) is 75.4 cm³/mol. The van der Waals surface area contributed by atoms with Gasteiger partial charge in [-0.3, -0.25) is 4.79 Å². The molecule has 0 radical (unpaired) electrons. The number of amides is 1. The number of amidine groups is 1. The first kappa shape index (κ1) is 14.3. The highest BCUT2D eigenvalue weighted by Crippen LogP contribution is 2.31. The molecular weight excluding hydrogens is 270 g/mol. The molecule has 96 valence electrons. The van der Waals surface area contributed by atoms with Gasteiger partial charge in [0.1, 0.15) is 11.1 Å². The van der Waals surface area contributed by atoms with Gasteiger partial charge in [0.05, 0.1) is 11.3 Å². The number of nitriles is 1. The highest BCUT2D eigenvalue weighted by Gasteiger charge is 2.14. The van der Waals surface area contributed by atoms with Gasteiger partial charge in [-0.05, 0) is 19.4 Å². The van der Waals surface area contributed by atoms with Gasteiger partial charge in [0, 0.05) is 4.88 Å². The minimum absolute atomic E-state index is 0.105. The summed E-state index contributed by atoms with van der Waals surface area (Å²) in [5.74, 6) is 4.81. The summed E-state index contributed by atoms with van der Waals surface area (Å²) in [5, 5.41) is 15.7. The van der Waals surface area contributed by atoms with Crippen LogP contribution < -0.4 is 16.9 Å². The Balaban J connectivity index is 2.71. The average molecular weight is 283 g/mol. The fraction of sp³-hybridized carbons (Fsp3) is 0.300. The van der Waals surface area contributed by atoms with Crippen LogP contribution in [0.3, 0.4) is 0 Å². The molecule has 1 aromatic rings. The van der Waals surface area contributed by atoms with Gasteiger partial charge in [-0.2, -0.15) is 10.4 Å². The molecule has 8 heteroatoms. The number of thiophene rings is 1. The lowest BCUT2D eigenvalue weighted by Crippen LogP contribution is -2.18. The topological polar surface area (TPSA) is 117 Å². The minimum Gasteiger partial charge on any atom is -0.377 e. The number of carbonyl (C=O) groups excluding carboxylic acids is 1. The number of rotatable bonds is 3. The summed E-state index contributed by atoms with van der Waals surface area (Å²) in [6, 6.07) is 2.09. The van der Waals surface area contributed by atoms with Crippen LogP contribution in [0.4, 0.5) is 5.00 Å². The summed E-state index contributed by atoms with van der Waals surface area (Å²) in [6.07, 6.45) is 0. The van der Waals surface area contributed by atoms with Gasteiger partial charge in [0.25, 0.3) is 0 Å². The van der Waals surface area contributed by atoms with Crippen LogP contribution in [-0.2, 0) is 4.79 Å². The second kappa shape index (κ2) is 6.28. The van der Waals surface area contributed by atoms with Gasteiger partial charge in [-0.25, -0.2) is 0 Å². The monoisotopic (exact) mass is 283 g/mol. The van der Waals surface area contributed by atoms with Crippen LogP contribution in [-0.4, -0.2) is 16.8 Å². The fourth-order valence-electron chi connectivity index (χ4n) is 1.19. The molecule has 0 fully saturated rings. The van der Waals surface area contributed by atoms with E-state index < -0.39 is 0 Å². The van der Waals surface area contributed by atoms with Crippen LogP contribution in [0.1, 0.15) is 16.0 Å². The fourth-order valence-corrected chi connectivity index (χ4v) is 2.64. The number of anilines is 1. The van der Waals surface area contributed by atoms with Crippen molar-refractivity contribution in [2.24, 2.45) is 16.7 Å². The third kappa shape index (κ3) is 3.38. The maximum absolute atomic E-state index is 11.6. The normalized spacial score (nSPS) is 11.1. The summed E-state index contributed by atoms with van der Waals surface area (Å²) in [5.41, 5.74) is 6.76. The van der Waals surface area contributed by atoms with Crippen LogP contribution in [0.5, 0.6) is 0 Å². The summed E-state index contributed by atoms with van der Waals surface area (Å²) in [7, 11) is 0. The molecule has 0 atom stereocenters. The van der Waals surface area contributed by atoms with E-state index in [1.165, 1.54) is 11.3 Å². The molecular formula is C10H13N5OS2. The molecule has 1 rings (SSSR count). The third-order valence-corrected chi connectivity index (χ3v) is 4.16. The standard InChI is InChI=1S/C10H13N5OS2/c1-5-6(2)18-9(7(5)3-11)14-8(16)4-17-10(12)15-13/h4,13H2,1-2H3,(H2,12,15)(H,14,16). The molecule has 0 aliphatic rings. The minimum atomic E-state index is -0.246. The maximum atomic E-state index is 11.6. The zero-order valence-corrected chi connectivity index (χ0v) is 11.6. The molecule has 1 aromatic heterocycles. The van der Waals surface area contributed by atoms with Crippen molar-refractivity contribution in [3.8, 4) is 6.07 Å². The summed E-state index contributed by atoms with van der Waals surface area (Å²) >= 11 is 2.42. The Labute approximate surface area is 113 Å². The molecule has 0 saturated carbocycles. The molecule has 6 nitrogen and oxygen atoms in total. The molecule has 0 aliphatic heterocycles. The number of hydrogen-bond donors (Lipinski definition) is 3. The van der Waals surface area contributed by atoms with Crippen molar-refractivity contribution in [2.45, 2.75) is 13.8 Å². The number of thioether (sulfide) groups is 1. The SMILES string of the molecule is Cc1sc(NC(=O)CSC(N)=NN)c(C#N)c1C. The Kier molecular flexibility index (Phi) is 5.00. The number of carbonyl (C=O) groups is 1. The Morgan fingerprint density at radius 1 is 1.61 bits per heavy atom. The number of nitrogens with zero attached hydrogens (tertiary/aromatic N) is 2. The van der Waals surface area contributed by atoms with Crippen molar-refractivity contribution in [3.63, 3.8) is 0 Å². The molecule has 1 amide bonds. The Morgan fingerprint density at radius 3 is 2.83 bits per heavy atom. The van der Waals surface area contributed by atoms with Crippen LogP contribution in [0.25, 0.3) is 0 Å². The quantitative estimate of drug-likeness (QED) is 0.332. The second-order valence-electron chi connectivity index (χ2n) is 3.40. The first-order valence-electron chi connectivity index (χ1n) is 4.95. The lowest BCUT2D eigenvalue weighted by atomic mass is 10.2. The van der Waals surface area contributed by atoms with Crippen LogP contribution in [0.15, 0.2) is 5.10 Å². The summed E-state index contributed by atoms with van der Waals surface area (Å²) in [4.78, 5) is 12.6. The Morgan fingerprint density at radius 2 is 2.28 bits per heavy atom. The average Bonchev–Trinajstić information content (AvgIpc) is 2.61. The van der Waals surface area contributed by atoms with E-state index in [4.69, 9.17) is 16.8 Å². The highest BCUT2D eigenvalue weighted by atomic mass is 32.2. The number of nitrogens with two attached hydrogens (primary N) is 2. The lowest BCUT2D eigenvalue weighted by molar-refractivity contribution is -0.113.